The second kappa shape index (κ2) is 7.23. The highest BCUT2D eigenvalue weighted by Crippen LogP contribution is 2.31. The number of amidine groups is 1. The third-order valence-corrected chi connectivity index (χ3v) is 4.32. The van der Waals surface area contributed by atoms with Crippen molar-refractivity contribution in [2.24, 2.45) is 4.99 Å². The average Bonchev–Trinajstić information content (AvgIpc) is 2.96. The first kappa shape index (κ1) is 16.8. The van der Waals surface area contributed by atoms with E-state index in [-0.39, 0.29) is 11.7 Å². The molecular formula is C18H14N2O4S. The van der Waals surface area contributed by atoms with Crippen LogP contribution in [0.1, 0.15) is 15.9 Å². The van der Waals surface area contributed by atoms with E-state index < -0.39 is 5.97 Å². The maximum atomic E-state index is 12.1. The van der Waals surface area contributed by atoms with E-state index >= 15 is 0 Å². The Morgan fingerprint density at radius 3 is 2.68 bits per heavy atom. The summed E-state index contributed by atoms with van der Waals surface area (Å²) >= 11 is 1.13. The second-order valence-electron chi connectivity index (χ2n) is 5.05. The number of ether oxygens (including phenoxy) is 1. The minimum Gasteiger partial charge on any atom is -0.507 e. The molecule has 2 aromatic carbocycles. The standard InChI is InChI=1S/C18H14N2O4S/c1-24-17(23)12-7-3-4-8-13(12)19-18-20-16(22)15(25-18)10-11-6-2-5-9-14(11)21/h2-10,21H,1H3,(H,19,20,22)/b15-10-. The van der Waals surface area contributed by atoms with Gasteiger partial charge in [-0.2, -0.15) is 0 Å². The van der Waals surface area contributed by atoms with E-state index in [0.29, 0.717) is 26.9 Å². The first-order chi connectivity index (χ1) is 12.1. The van der Waals surface area contributed by atoms with Crippen LogP contribution in [0.3, 0.4) is 0 Å². The Kier molecular flexibility index (Phi) is 4.85. The smallest absolute Gasteiger partial charge is 0.340 e. The molecule has 0 atom stereocenters. The number of rotatable bonds is 3. The molecule has 1 heterocycles. The van der Waals surface area contributed by atoms with Crippen molar-refractivity contribution in [3.63, 3.8) is 0 Å². The number of thioether (sulfide) groups is 1. The normalized spacial score (nSPS) is 16.9. The lowest BCUT2D eigenvalue weighted by molar-refractivity contribution is -0.115. The van der Waals surface area contributed by atoms with Gasteiger partial charge in [-0.25, -0.2) is 9.79 Å². The van der Waals surface area contributed by atoms with Crippen molar-refractivity contribution >= 4 is 40.6 Å². The number of aromatic hydroxyl groups is 1. The minimum absolute atomic E-state index is 0.0878. The van der Waals surface area contributed by atoms with Crippen molar-refractivity contribution in [3.05, 3.63) is 64.6 Å². The van der Waals surface area contributed by atoms with E-state index in [2.05, 4.69) is 10.3 Å². The Morgan fingerprint density at radius 2 is 1.92 bits per heavy atom. The SMILES string of the molecule is COC(=O)c1ccccc1N=C1NC(=O)/C(=C/c2ccccc2O)S1. The Balaban J connectivity index is 1.90. The minimum atomic E-state index is -0.501. The van der Waals surface area contributed by atoms with Gasteiger partial charge in [0.2, 0.25) is 0 Å². The van der Waals surface area contributed by atoms with E-state index in [1.54, 1.807) is 54.6 Å². The van der Waals surface area contributed by atoms with E-state index in [1.165, 1.54) is 7.11 Å². The van der Waals surface area contributed by atoms with Gasteiger partial charge >= 0.3 is 5.97 Å². The highest BCUT2D eigenvalue weighted by Gasteiger charge is 2.24. The van der Waals surface area contributed by atoms with Gasteiger partial charge in [0, 0.05) is 5.56 Å². The van der Waals surface area contributed by atoms with Crippen molar-refractivity contribution in [2.75, 3.05) is 7.11 Å². The number of benzene rings is 2. The Hall–Kier alpha value is -3.06. The Bertz CT molecular complexity index is 905. The predicted octanol–water partition coefficient (Wildman–Crippen LogP) is 3.07. The summed E-state index contributed by atoms with van der Waals surface area (Å²) in [5, 5.41) is 12.8. The number of methoxy groups -OCH3 is 1. The molecule has 1 fully saturated rings. The number of carbonyl (C=O) groups excluding carboxylic acids is 2. The number of amides is 1. The largest absolute Gasteiger partial charge is 0.507 e. The summed E-state index contributed by atoms with van der Waals surface area (Å²) in [6.45, 7) is 0. The molecule has 1 aliphatic rings. The average molecular weight is 354 g/mol. The van der Waals surface area contributed by atoms with Crippen LogP contribution in [-0.2, 0) is 9.53 Å². The zero-order valence-corrected chi connectivity index (χ0v) is 14.0. The molecule has 126 valence electrons. The summed E-state index contributed by atoms with van der Waals surface area (Å²) in [5.41, 5.74) is 1.25. The van der Waals surface area contributed by atoms with Crippen LogP contribution < -0.4 is 5.32 Å². The van der Waals surface area contributed by atoms with Gasteiger partial charge in [-0.05, 0) is 36.0 Å². The summed E-state index contributed by atoms with van der Waals surface area (Å²) in [5.74, 6) is -0.730. The van der Waals surface area contributed by atoms with Crippen LogP contribution in [0, 0.1) is 0 Å². The number of nitrogens with zero attached hydrogens (tertiary/aromatic N) is 1. The number of nitrogens with one attached hydrogen (secondary N) is 1. The van der Waals surface area contributed by atoms with Crippen molar-refractivity contribution in [1.82, 2.24) is 5.32 Å². The summed E-state index contributed by atoms with van der Waals surface area (Å²) in [6, 6.07) is 13.4. The fourth-order valence-corrected chi connectivity index (χ4v) is 3.02. The molecule has 7 heteroatoms. The fraction of sp³-hybridized carbons (Fsp3) is 0.0556. The van der Waals surface area contributed by atoms with Crippen molar-refractivity contribution < 1.29 is 19.4 Å². The molecule has 0 saturated carbocycles. The number of phenolic OH excluding ortho intramolecular Hbond substituents is 1. The maximum Gasteiger partial charge on any atom is 0.340 e. The molecule has 1 aliphatic heterocycles. The first-order valence-electron chi connectivity index (χ1n) is 7.33. The van der Waals surface area contributed by atoms with Gasteiger partial charge in [-0.3, -0.25) is 4.79 Å². The van der Waals surface area contributed by atoms with E-state index in [1.807, 2.05) is 0 Å². The third kappa shape index (κ3) is 3.72. The lowest BCUT2D eigenvalue weighted by Crippen LogP contribution is -2.19. The number of hydrogen-bond donors (Lipinski definition) is 2. The van der Waals surface area contributed by atoms with Crippen LogP contribution in [0.5, 0.6) is 5.75 Å². The molecular weight excluding hydrogens is 340 g/mol. The molecule has 2 N–H and O–H groups in total. The van der Waals surface area contributed by atoms with Crippen LogP contribution >= 0.6 is 11.8 Å². The monoisotopic (exact) mass is 354 g/mol. The van der Waals surface area contributed by atoms with Gasteiger partial charge in [-0.1, -0.05) is 30.3 Å². The highest BCUT2D eigenvalue weighted by atomic mass is 32.2. The maximum absolute atomic E-state index is 12.1. The van der Waals surface area contributed by atoms with Gasteiger partial charge in [-0.15, -0.1) is 0 Å². The molecule has 0 unspecified atom stereocenters. The van der Waals surface area contributed by atoms with E-state index in [9.17, 15) is 14.7 Å². The van der Waals surface area contributed by atoms with Crippen molar-refractivity contribution in [3.8, 4) is 5.75 Å². The van der Waals surface area contributed by atoms with Crippen LogP contribution in [-0.4, -0.2) is 29.3 Å². The van der Waals surface area contributed by atoms with Crippen molar-refractivity contribution in [2.45, 2.75) is 0 Å². The molecule has 0 aliphatic carbocycles. The van der Waals surface area contributed by atoms with E-state index in [4.69, 9.17) is 4.74 Å². The molecule has 0 spiro atoms. The van der Waals surface area contributed by atoms with Crippen LogP contribution in [0.25, 0.3) is 6.08 Å². The summed E-state index contributed by atoms with van der Waals surface area (Å²) in [7, 11) is 1.30. The zero-order valence-electron chi connectivity index (χ0n) is 13.2. The third-order valence-electron chi connectivity index (χ3n) is 3.41. The molecule has 1 amide bonds. The second-order valence-corrected chi connectivity index (χ2v) is 6.08. The molecule has 0 aromatic heterocycles. The highest BCUT2D eigenvalue weighted by molar-refractivity contribution is 8.18. The van der Waals surface area contributed by atoms with Gasteiger partial charge in [0.1, 0.15) is 5.75 Å². The summed E-state index contributed by atoms with van der Waals surface area (Å²) in [4.78, 5) is 28.6. The number of aliphatic imine (C=N–C) groups is 1. The topological polar surface area (TPSA) is 88.0 Å². The first-order valence-corrected chi connectivity index (χ1v) is 8.15. The zero-order chi connectivity index (χ0) is 17.8. The number of carbonyl (C=O) groups is 2. The van der Waals surface area contributed by atoms with Gasteiger partial charge < -0.3 is 15.2 Å². The van der Waals surface area contributed by atoms with Crippen LogP contribution in [0.15, 0.2) is 58.4 Å². The fourth-order valence-electron chi connectivity index (χ4n) is 2.19. The Labute approximate surface area is 148 Å². The predicted molar refractivity (Wildman–Crippen MR) is 96.7 cm³/mol. The molecule has 0 radical (unpaired) electrons. The lowest BCUT2D eigenvalue weighted by Gasteiger charge is -2.03. The molecule has 6 nitrogen and oxygen atoms in total. The Morgan fingerprint density at radius 1 is 1.20 bits per heavy atom. The number of phenols is 1. The lowest BCUT2D eigenvalue weighted by atomic mass is 10.2. The van der Waals surface area contributed by atoms with Gasteiger partial charge in [0.05, 0.1) is 23.3 Å². The van der Waals surface area contributed by atoms with Crippen LogP contribution in [0.4, 0.5) is 5.69 Å². The van der Waals surface area contributed by atoms with Crippen LogP contribution in [0.2, 0.25) is 0 Å². The number of para-hydroxylation sites is 2. The molecule has 1 saturated heterocycles. The van der Waals surface area contributed by atoms with Gasteiger partial charge in [0.25, 0.3) is 5.91 Å². The van der Waals surface area contributed by atoms with Gasteiger partial charge in [0.15, 0.2) is 5.17 Å². The molecule has 25 heavy (non-hydrogen) atoms. The molecule has 2 aromatic rings. The summed E-state index contributed by atoms with van der Waals surface area (Å²) < 4.78 is 4.73. The van der Waals surface area contributed by atoms with E-state index in [0.717, 1.165) is 11.8 Å². The number of esters is 1. The quantitative estimate of drug-likeness (QED) is 0.653. The molecule has 3 rings (SSSR count). The number of hydrogen-bond acceptors (Lipinski definition) is 6. The van der Waals surface area contributed by atoms with Crippen molar-refractivity contribution in [1.29, 1.82) is 0 Å². The molecule has 0 bridgehead atoms. The summed E-state index contributed by atoms with van der Waals surface area (Å²) in [6.07, 6.45) is 1.59.